The summed E-state index contributed by atoms with van der Waals surface area (Å²) in [6, 6.07) is 8.62. The number of rotatable bonds is 4. The van der Waals surface area contributed by atoms with E-state index in [4.69, 9.17) is 0 Å². The fourth-order valence-electron chi connectivity index (χ4n) is 2.58. The summed E-state index contributed by atoms with van der Waals surface area (Å²) in [6.45, 7) is 10.9. The van der Waals surface area contributed by atoms with Crippen molar-refractivity contribution in [3.63, 3.8) is 0 Å². The van der Waals surface area contributed by atoms with E-state index in [-0.39, 0.29) is 17.4 Å². The van der Waals surface area contributed by atoms with Crippen molar-refractivity contribution in [2.24, 2.45) is 0 Å². The Labute approximate surface area is 126 Å². The van der Waals surface area contributed by atoms with Gasteiger partial charge in [-0.2, -0.15) is 0 Å². The van der Waals surface area contributed by atoms with Crippen LogP contribution in [0.25, 0.3) is 0 Å². The maximum absolute atomic E-state index is 9.88. The number of nitrogens with zero attached hydrogens (tertiary/aromatic N) is 1. The maximum atomic E-state index is 9.88. The lowest BCUT2D eigenvalue weighted by Gasteiger charge is -2.35. The third-order valence-corrected chi connectivity index (χ3v) is 4.66. The van der Waals surface area contributed by atoms with Crippen molar-refractivity contribution in [1.82, 2.24) is 10.2 Å². The van der Waals surface area contributed by atoms with E-state index in [2.05, 4.69) is 55.3 Å². The molecule has 1 aliphatic heterocycles. The maximum Gasteiger partial charge on any atom is 0.0629 e. The Morgan fingerprint density at radius 2 is 1.90 bits per heavy atom. The minimum atomic E-state index is 0.114. The molecule has 2 N–H and O–H groups in total. The molecule has 1 aliphatic rings. The van der Waals surface area contributed by atoms with Crippen LogP contribution in [0.1, 0.15) is 32.4 Å². The second-order valence-electron chi connectivity index (χ2n) is 6.24. The van der Waals surface area contributed by atoms with Gasteiger partial charge in [0.1, 0.15) is 0 Å². The van der Waals surface area contributed by atoms with E-state index in [0.717, 1.165) is 26.2 Å². The fourth-order valence-corrected chi connectivity index (χ4v) is 3.71. The number of piperazine rings is 1. The molecule has 0 radical (unpaired) electrons. The van der Waals surface area contributed by atoms with E-state index < -0.39 is 0 Å². The molecule has 112 valence electrons. The molecule has 3 nitrogen and oxygen atoms in total. The molecule has 1 fully saturated rings. The number of thioether (sulfide) groups is 1. The van der Waals surface area contributed by atoms with E-state index in [0.29, 0.717) is 0 Å². The number of hydrogen-bond donors (Lipinski definition) is 2. The predicted octanol–water partition coefficient (Wildman–Crippen LogP) is 2.52. The average Bonchev–Trinajstić information content (AvgIpc) is 2.41. The molecule has 0 amide bonds. The highest BCUT2D eigenvalue weighted by Crippen LogP contribution is 2.37. The molecule has 0 aliphatic carbocycles. The average molecular weight is 294 g/mol. The molecule has 1 saturated heterocycles. The topological polar surface area (TPSA) is 35.5 Å². The van der Waals surface area contributed by atoms with Gasteiger partial charge in [-0.25, -0.2) is 0 Å². The number of benzene rings is 1. The lowest BCUT2D eigenvalue weighted by atomic mass is 10.1. The van der Waals surface area contributed by atoms with Crippen LogP contribution in [0, 0.1) is 0 Å². The van der Waals surface area contributed by atoms with Crippen LogP contribution in [0.15, 0.2) is 29.2 Å². The number of aliphatic hydroxyl groups is 1. The van der Waals surface area contributed by atoms with Crippen molar-refractivity contribution in [3.05, 3.63) is 29.8 Å². The van der Waals surface area contributed by atoms with Gasteiger partial charge in [0.2, 0.25) is 0 Å². The van der Waals surface area contributed by atoms with Crippen LogP contribution in [0.5, 0.6) is 0 Å². The first kappa shape index (κ1) is 15.8. The van der Waals surface area contributed by atoms with Gasteiger partial charge in [0.05, 0.1) is 12.6 Å². The number of aliphatic hydroxyl groups excluding tert-OH is 1. The summed E-state index contributed by atoms with van der Waals surface area (Å²) < 4.78 is 0.180. The molecular formula is C16H26N2OS. The summed E-state index contributed by atoms with van der Waals surface area (Å²) >= 11 is 1.88. The SMILES string of the molecule is CC(C)(C)Sc1ccccc1[C@@H](CO)N1CCNCC1. The van der Waals surface area contributed by atoms with Crippen molar-refractivity contribution in [2.45, 2.75) is 36.5 Å². The summed E-state index contributed by atoms with van der Waals surface area (Å²) in [6.07, 6.45) is 0. The molecule has 0 bridgehead atoms. The van der Waals surface area contributed by atoms with Crippen LogP contribution in [-0.2, 0) is 0 Å². The summed E-state index contributed by atoms with van der Waals surface area (Å²) in [5.74, 6) is 0. The highest BCUT2D eigenvalue weighted by molar-refractivity contribution is 8.00. The van der Waals surface area contributed by atoms with E-state index >= 15 is 0 Å². The van der Waals surface area contributed by atoms with Crippen molar-refractivity contribution in [1.29, 1.82) is 0 Å². The summed E-state index contributed by atoms with van der Waals surface area (Å²) in [7, 11) is 0. The Hall–Kier alpha value is -0.550. The zero-order valence-electron chi connectivity index (χ0n) is 12.7. The van der Waals surface area contributed by atoms with E-state index in [1.807, 2.05) is 11.8 Å². The quantitative estimate of drug-likeness (QED) is 0.837. The Bertz CT molecular complexity index is 425. The zero-order chi connectivity index (χ0) is 14.6. The summed E-state index contributed by atoms with van der Waals surface area (Å²) in [5.41, 5.74) is 1.26. The third kappa shape index (κ3) is 4.22. The first-order valence-corrected chi connectivity index (χ1v) is 8.16. The minimum Gasteiger partial charge on any atom is -0.394 e. The zero-order valence-corrected chi connectivity index (χ0v) is 13.5. The van der Waals surface area contributed by atoms with Gasteiger partial charge in [0.25, 0.3) is 0 Å². The molecule has 0 spiro atoms. The van der Waals surface area contributed by atoms with Crippen LogP contribution in [0.2, 0.25) is 0 Å². The second-order valence-corrected chi connectivity index (χ2v) is 8.11. The molecule has 4 heteroatoms. The minimum absolute atomic E-state index is 0.114. The standard InChI is InChI=1S/C16H26N2OS/c1-16(2,3)20-15-7-5-4-6-13(15)14(12-19)18-10-8-17-9-11-18/h4-7,14,17,19H,8-12H2,1-3H3/t14-/m1/s1. The van der Waals surface area contributed by atoms with Crippen LogP contribution in [0.3, 0.4) is 0 Å². The monoisotopic (exact) mass is 294 g/mol. The highest BCUT2D eigenvalue weighted by atomic mass is 32.2. The van der Waals surface area contributed by atoms with Crippen LogP contribution in [0.4, 0.5) is 0 Å². The third-order valence-electron chi connectivity index (χ3n) is 3.46. The number of nitrogens with one attached hydrogen (secondary N) is 1. The molecule has 20 heavy (non-hydrogen) atoms. The molecule has 1 aromatic carbocycles. The van der Waals surface area contributed by atoms with Gasteiger partial charge in [-0.15, -0.1) is 11.8 Å². The molecule has 1 atom stereocenters. The first-order chi connectivity index (χ1) is 9.51. The molecule has 0 saturated carbocycles. The van der Waals surface area contributed by atoms with Gasteiger partial charge < -0.3 is 10.4 Å². The predicted molar refractivity (Wildman–Crippen MR) is 86.3 cm³/mol. The van der Waals surface area contributed by atoms with Gasteiger partial charge in [-0.05, 0) is 11.6 Å². The Balaban J connectivity index is 2.24. The first-order valence-electron chi connectivity index (χ1n) is 7.35. The second kappa shape index (κ2) is 6.94. The molecular weight excluding hydrogens is 268 g/mol. The van der Waals surface area contributed by atoms with Gasteiger partial charge >= 0.3 is 0 Å². The van der Waals surface area contributed by atoms with Crippen molar-refractivity contribution in [2.75, 3.05) is 32.8 Å². The Morgan fingerprint density at radius 1 is 1.25 bits per heavy atom. The molecule has 1 aromatic rings. The van der Waals surface area contributed by atoms with Crippen LogP contribution in [-0.4, -0.2) is 47.5 Å². The largest absolute Gasteiger partial charge is 0.394 e. The van der Waals surface area contributed by atoms with Gasteiger partial charge in [0, 0.05) is 35.8 Å². The Morgan fingerprint density at radius 3 is 2.50 bits per heavy atom. The normalized spacial score (nSPS) is 19.0. The van der Waals surface area contributed by atoms with Crippen molar-refractivity contribution >= 4 is 11.8 Å². The molecule has 0 aromatic heterocycles. The lowest BCUT2D eigenvalue weighted by molar-refractivity contribution is 0.109. The van der Waals surface area contributed by atoms with Crippen molar-refractivity contribution < 1.29 is 5.11 Å². The number of hydrogen-bond acceptors (Lipinski definition) is 4. The lowest BCUT2D eigenvalue weighted by Crippen LogP contribution is -2.46. The molecule has 1 heterocycles. The smallest absolute Gasteiger partial charge is 0.0629 e. The van der Waals surface area contributed by atoms with Crippen LogP contribution >= 0.6 is 11.8 Å². The van der Waals surface area contributed by atoms with Crippen LogP contribution < -0.4 is 5.32 Å². The summed E-state index contributed by atoms with van der Waals surface area (Å²) in [5, 5.41) is 13.3. The van der Waals surface area contributed by atoms with Crippen molar-refractivity contribution in [3.8, 4) is 0 Å². The molecule has 2 rings (SSSR count). The fraction of sp³-hybridized carbons (Fsp3) is 0.625. The highest BCUT2D eigenvalue weighted by Gasteiger charge is 2.25. The Kier molecular flexibility index (Phi) is 5.49. The van der Waals surface area contributed by atoms with E-state index in [9.17, 15) is 5.11 Å². The van der Waals surface area contributed by atoms with E-state index in [1.165, 1.54) is 10.5 Å². The van der Waals surface area contributed by atoms with Gasteiger partial charge in [-0.1, -0.05) is 39.0 Å². The molecule has 0 unspecified atom stereocenters. The van der Waals surface area contributed by atoms with Gasteiger partial charge in [0.15, 0.2) is 0 Å². The summed E-state index contributed by atoms with van der Waals surface area (Å²) in [4.78, 5) is 3.68. The van der Waals surface area contributed by atoms with Gasteiger partial charge in [-0.3, -0.25) is 4.90 Å². The van der Waals surface area contributed by atoms with E-state index in [1.54, 1.807) is 0 Å².